The minimum absolute atomic E-state index is 0.108. The van der Waals surface area contributed by atoms with E-state index in [-0.39, 0.29) is 5.91 Å². The Labute approximate surface area is 144 Å². The third kappa shape index (κ3) is 9.44. The molecule has 7 nitrogen and oxygen atoms in total. The molecule has 0 aliphatic heterocycles. The van der Waals surface area contributed by atoms with Crippen molar-refractivity contribution in [2.75, 3.05) is 31.6 Å². The van der Waals surface area contributed by atoms with Crippen molar-refractivity contribution < 1.29 is 4.79 Å². The Balaban J connectivity index is 1.93. The topological polar surface area (TPSA) is 118 Å². The van der Waals surface area contributed by atoms with Gasteiger partial charge in [-0.2, -0.15) is 0 Å². The molecule has 0 radical (unpaired) electrons. The molecule has 0 fully saturated rings. The number of unbranched alkanes of at least 4 members (excludes halogenated alkanes) is 5. The summed E-state index contributed by atoms with van der Waals surface area (Å²) >= 11 is 0. The Hall–Kier alpha value is -1.70. The molecule has 1 amide bonds. The Morgan fingerprint density at radius 3 is 2.33 bits per heavy atom. The Morgan fingerprint density at radius 2 is 1.67 bits per heavy atom. The van der Waals surface area contributed by atoms with E-state index in [1.165, 1.54) is 38.3 Å². The van der Waals surface area contributed by atoms with Gasteiger partial charge in [0, 0.05) is 12.7 Å². The van der Waals surface area contributed by atoms with Crippen LogP contribution in [-0.2, 0) is 0 Å². The quantitative estimate of drug-likeness (QED) is 0.199. The summed E-state index contributed by atoms with van der Waals surface area (Å²) in [6, 6.07) is 3.37. The van der Waals surface area contributed by atoms with Crippen LogP contribution in [0.3, 0.4) is 0 Å². The van der Waals surface area contributed by atoms with E-state index in [9.17, 15) is 4.79 Å². The monoisotopic (exact) mass is 336 g/mol. The molecule has 0 aliphatic carbocycles. The number of aromatic nitrogens is 1. The first-order valence-corrected chi connectivity index (χ1v) is 8.89. The molecule has 0 atom stereocenters. The van der Waals surface area contributed by atoms with Gasteiger partial charge in [-0.3, -0.25) is 4.79 Å². The van der Waals surface area contributed by atoms with Crippen LogP contribution in [0.4, 0.5) is 5.82 Å². The first kappa shape index (κ1) is 20.3. The fourth-order valence-corrected chi connectivity index (χ4v) is 2.36. The van der Waals surface area contributed by atoms with Gasteiger partial charge in [0.2, 0.25) is 0 Å². The van der Waals surface area contributed by atoms with Crippen LogP contribution in [0.5, 0.6) is 0 Å². The van der Waals surface area contributed by atoms with E-state index in [0.717, 1.165) is 32.5 Å². The van der Waals surface area contributed by atoms with Crippen LogP contribution >= 0.6 is 0 Å². The molecule has 0 bridgehead atoms. The lowest BCUT2D eigenvalue weighted by Gasteiger charge is -2.07. The molecule has 1 aromatic heterocycles. The number of nitrogens with two attached hydrogens (primary N) is 2. The summed E-state index contributed by atoms with van der Waals surface area (Å²) in [5.74, 6) is 5.66. The number of nitrogens with zero attached hydrogens (tertiary/aromatic N) is 1. The zero-order valence-corrected chi connectivity index (χ0v) is 14.5. The van der Waals surface area contributed by atoms with Gasteiger partial charge >= 0.3 is 0 Å². The molecule has 1 rings (SSSR count). The molecular weight excluding hydrogens is 304 g/mol. The highest BCUT2D eigenvalue weighted by molar-refractivity contribution is 5.93. The number of anilines is 1. The summed E-state index contributed by atoms with van der Waals surface area (Å²) < 4.78 is 0. The van der Waals surface area contributed by atoms with Crippen molar-refractivity contribution >= 4 is 11.7 Å². The van der Waals surface area contributed by atoms with Crippen LogP contribution in [0.2, 0.25) is 0 Å². The van der Waals surface area contributed by atoms with Gasteiger partial charge in [-0.25, -0.2) is 10.8 Å². The first-order chi connectivity index (χ1) is 11.8. The van der Waals surface area contributed by atoms with Crippen LogP contribution in [-0.4, -0.2) is 37.1 Å². The average molecular weight is 336 g/mol. The summed E-state index contributed by atoms with van der Waals surface area (Å²) in [5.41, 5.74) is 8.43. The minimum Gasteiger partial charge on any atom is -0.352 e. The molecule has 136 valence electrons. The van der Waals surface area contributed by atoms with Gasteiger partial charge in [-0.15, -0.1) is 0 Å². The van der Waals surface area contributed by atoms with Crippen LogP contribution in [0.1, 0.15) is 55.3 Å². The van der Waals surface area contributed by atoms with Crippen molar-refractivity contribution in [1.29, 1.82) is 0 Å². The maximum Gasteiger partial charge on any atom is 0.252 e. The number of amides is 1. The van der Waals surface area contributed by atoms with E-state index in [2.05, 4.69) is 21.0 Å². The van der Waals surface area contributed by atoms with E-state index < -0.39 is 0 Å². The maximum absolute atomic E-state index is 11.9. The van der Waals surface area contributed by atoms with Crippen LogP contribution in [0.25, 0.3) is 0 Å². The van der Waals surface area contributed by atoms with Gasteiger partial charge in [-0.05, 0) is 51.0 Å². The van der Waals surface area contributed by atoms with Gasteiger partial charge in [0.1, 0.15) is 5.82 Å². The van der Waals surface area contributed by atoms with E-state index in [4.69, 9.17) is 11.6 Å². The predicted octanol–water partition coefficient (Wildman–Crippen LogP) is 1.38. The molecular formula is C17H32N6O. The van der Waals surface area contributed by atoms with E-state index in [1.807, 2.05) is 0 Å². The molecule has 0 saturated carbocycles. The lowest BCUT2D eigenvalue weighted by Crippen LogP contribution is -2.27. The molecule has 0 aromatic carbocycles. The molecule has 24 heavy (non-hydrogen) atoms. The third-order valence-electron chi connectivity index (χ3n) is 3.80. The predicted molar refractivity (Wildman–Crippen MR) is 98.6 cm³/mol. The minimum atomic E-state index is -0.108. The number of hydrogen-bond acceptors (Lipinski definition) is 6. The van der Waals surface area contributed by atoms with Crippen molar-refractivity contribution in [2.24, 2.45) is 11.6 Å². The summed E-state index contributed by atoms with van der Waals surface area (Å²) in [4.78, 5) is 15.9. The van der Waals surface area contributed by atoms with Gasteiger partial charge in [0.25, 0.3) is 5.91 Å². The normalized spacial score (nSPS) is 10.6. The van der Waals surface area contributed by atoms with Gasteiger partial charge < -0.3 is 21.8 Å². The molecule has 1 aromatic rings. The second-order valence-corrected chi connectivity index (χ2v) is 5.85. The second kappa shape index (κ2) is 13.7. The maximum atomic E-state index is 11.9. The van der Waals surface area contributed by atoms with Gasteiger partial charge in [-0.1, -0.05) is 25.7 Å². The summed E-state index contributed by atoms with van der Waals surface area (Å²) in [6.45, 7) is 3.43. The van der Waals surface area contributed by atoms with E-state index in [0.29, 0.717) is 17.9 Å². The Kier molecular flexibility index (Phi) is 11.6. The SMILES string of the molecule is NCCCCCCCCNCCCNC(=O)c1ccc(NN)nc1. The van der Waals surface area contributed by atoms with Gasteiger partial charge in [0.15, 0.2) is 0 Å². The van der Waals surface area contributed by atoms with Gasteiger partial charge in [0.05, 0.1) is 5.56 Å². The standard InChI is InChI=1S/C17H32N6O/c18-10-5-3-1-2-4-6-11-20-12-7-13-21-17(24)15-8-9-16(23-19)22-14-15/h8-9,14,20H,1-7,10-13,18-19H2,(H,21,24)(H,22,23). The first-order valence-electron chi connectivity index (χ1n) is 8.89. The van der Waals surface area contributed by atoms with E-state index >= 15 is 0 Å². The summed E-state index contributed by atoms with van der Waals surface area (Å²) in [6.07, 6.45) is 9.90. The van der Waals surface area contributed by atoms with Crippen molar-refractivity contribution in [3.63, 3.8) is 0 Å². The number of pyridine rings is 1. The third-order valence-corrected chi connectivity index (χ3v) is 3.80. The molecule has 1 heterocycles. The molecule has 0 saturated heterocycles. The van der Waals surface area contributed by atoms with Crippen molar-refractivity contribution in [1.82, 2.24) is 15.6 Å². The average Bonchev–Trinajstić information content (AvgIpc) is 2.62. The molecule has 0 spiro atoms. The number of carbonyl (C=O) groups is 1. The number of nitrogen functional groups attached to an aromatic ring is 1. The van der Waals surface area contributed by atoms with Crippen LogP contribution in [0.15, 0.2) is 18.3 Å². The molecule has 7 heteroatoms. The lowest BCUT2D eigenvalue weighted by molar-refractivity contribution is 0.0953. The van der Waals surface area contributed by atoms with Crippen molar-refractivity contribution in [2.45, 2.75) is 44.9 Å². The summed E-state index contributed by atoms with van der Waals surface area (Å²) in [5, 5.41) is 6.30. The number of rotatable bonds is 14. The van der Waals surface area contributed by atoms with Crippen molar-refractivity contribution in [3.05, 3.63) is 23.9 Å². The highest BCUT2D eigenvalue weighted by atomic mass is 16.1. The fourth-order valence-electron chi connectivity index (χ4n) is 2.36. The zero-order chi connectivity index (χ0) is 17.5. The highest BCUT2D eigenvalue weighted by Gasteiger charge is 2.04. The molecule has 7 N–H and O–H groups in total. The summed E-state index contributed by atoms with van der Waals surface area (Å²) in [7, 11) is 0. The number of nitrogens with one attached hydrogen (secondary N) is 3. The Bertz CT molecular complexity index is 437. The zero-order valence-electron chi connectivity index (χ0n) is 14.5. The largest absolute Gasteiger partial charge is 0.352 e. The van der Waals surface area contributed by atoms with E-state index in [1.54, 1.807) is 12.1 Å². The second-order valence-electron chi connectivity index (χ2n) is 5.85. The molecule has 0 unspecified atom stereocenters. The fraction of sp³-hybridized carbons (Fsp3) is 0.647. The van der Waals surface area contributed by atoms with Crippen molar-refractivity contribution in [3.8, 4) is 0 Å². The van der Waals surface area contributed by atoms with Crippen LogP contribution < -0.4 is 27.6 Å². The van der Waals surface area contributed by atoms with Crippen LogP contribution in [0, 0.1) is 0 Å². The smallest absolute Gasteiger partial charge is 0.252 e. The number of hydrazine groups is 1. The number of carbonyl (C=O) groups excluding carboxylic acids is 1. The highest BCUT2D eigenvalue weighted by Crippen LogP contribution is 2.04. The Morgan fingerprint density at radius 1 is 0.958 bits per heavy atom. The molecule has 0 aliphatic rings. The number of hydrogen-bond donors (Lipinski definition) is 5. The lowest BCUT2D eigenvalue weighted by atomic mass is 10.1.